The molecule has 0 aromatic carbocycles. The summed E-state index contributed by atoms with van der Waals surface area (Å²) in [6.45, 7) is 6.00. The van der Waals surface area contributed by atoms with Crippen LogP contribution >= 0.6 is 0 Å². The van der Waals surface area contributed by atoms with Crippen LogP contribution < -0.4 is 0 Å². The van der Waals surface area contributed by atoms with Crippen molar-refractivity contribution < 1.29 is 9.47 Å². The fourth-order valence-electron chi connectivity index (χ4n) is 1.73. The van der Waals surface area contributed by atoms with Gasteiger partial charge in [-0.25, -0.2) is 0 Å². The Morgan fingerprint density at radius 3 is 3.00 bits per heavy atom. The summed E-state index contributed by atoms with van der Waals surface area (Å²) in [7, 11) is 0. The van der Waals surface area contributed by atoms with Gasteiger partial charge < -0.3 is 9.47 Å². The Balaban J connectivity index is 2.12. The van der Waals surface area contributed by atoms with E-state index in [1.165, 1.54) is 0 Å². The molecule has 0 aromatic heterocycles. The van der Waals surface area contributed by atoms with Crippen LogP contribution in [0, 0.1) is 5.92 Å². The molecule has 2 aliphatic heterocycles. The Morgan fingerprint density at radius 2 is 2.30 bits per heavy atom. The van der Waals surface area contributed by atoms with Crippen molar-refractivity contribution in [3.05, 3.63) is 0 Å². The summed E-state index contributed by atoms with van der Waals surface area (Å²) in [6, 6.07) is 0. The second kappa shape index (κ2) is 1.95. The smallest absolute Gasteiger partial charge is 0.0911 e. The largest absolute Gasteiger partial charge is 0.375 e. The summed E-state index contributed by atoms with van der Waals surface area (Å²) >= 11 is 0. The first-order valence-electron chi connectivity index (χ1n) is 3.95. The third kappa shape index (κ3) is 0.867. The first-order valence-corrected chi connectivity index (χ1v) is 3.95. The minimum absolute atomic E-state index is 0.0528. The number of rotatable bonds is 0. The van der Waals surface area contributed by atoms with E-state index >= 15 is 0 Å². The van der Waals surface area contributed by atoms with Gasteiger partial charge in [0.15, 0.2) is 0 Å². The predicted molar refractivity (Wildman–Crippen MR) is 37.9 cm³/mol. The Labute approximate surface area is 61.5 Å². The summed E-state index contributed by atoms with van der Waals surface area (Å²) in [6.07, 6.45) is 1.56. The van der Waals surface area contributed by atoms with Crippen molar-refractivity contribution in [1.82, 2.24) is 0 Å². The van der Waals surface area contributed by atoms with Gasteiger partial charge >= 0.3 is 0 Å². The number of hydrogen-bond acceptors (Lipinski definition) is 2. The number of ether oxygens (including phenoxy) is 2. The lowest BCUT2D eigenvalue weighted by Crippen LogP contribution is -2.37. The van der Waals surface area contributed by atoms with E-state index in [2.05, 4.69) is 13.8 Å². The molecular formula is C8H14O2. The molecule has 2 saturated heterocycles. The molecule has 0 amide bonds. The molecule has 3 unspecified atom stereocenters. The van der Waals surface area contributed by atoms with Gasteiger partial charge in [-0.3, -0.25) is 0 Å². The maximum atomic E-state index is 5.64. The zero-order valence-corrected chi connectivity index (χ0v) is 6.59. The molecule has 2 bridgehead atoms. The van der Waals surface area contributed by atoms with E-state index in [0.29, 0.717) is 12.0 Å². The van der Waals surface area contributed by atoms with Gasteiger partial charge in [-0.05, 0) is 6.92 Å². The highest BCUT2D eigenvalue weighted by molar-refractivity contribution is 4.91. The Hall–Kier alpha value is -0.0800. The van der Waals surface area contributed by atoms with Crippen LogP contribution in [-0.4, -0.2) is 24.9 Å². The van der Waals surface area contributed by atoms with Crippen molar-refractivity contribution in [3.63, 3.8) is 0 Å². The minimum atomic E-state index is 0.0528. The van der Waals surface area contributed by atoms with E-state index in [1.807, 2.05) is 0 Å². The third-order valence-corrected chi connectivity index (χ3v) is 2.57. The minimum Gasteiger partial charge on any atom is -0.375 e. The van der Waals surface area contributed by atoms with Gasteiger partial charge in [-0.2, -0.15) is 0 Å². The lowest BCUT2D eigenvalue weighted by molar-refractivity contribution is -0.0585. The van der Waals surface area contributed by atoms with Crippen LogP contribution in [0.25, 0.3) is 0 Å². The van der Waals surface area contributed by atoms with Gasteiger partial charge in [0.1, 0.15) is 0 Å². The lowest BCUT2D eigenvalue weighted by Gasteiger charge is -2.30. The summed E-state index contributed by atoms with van der Waals surface area (Å²) in [4.78, 5) is 0. The average molecular weight is 142 g/mol. The topological polar surface area (TPSA) is 18.5 Å². The van der Waals surface area contributed by atoms with Crippen molar-refractivity contribution in [1.29, 1.82) is 0 Å². The van der Waals surface area contributed by atoms with Gasteiger partial charge in [0.2, 0.25) is 0 Å². The fraction of sp³-hybridized carbons (Fsp3) is 1.00. The van der Waals surface area contributed by atoms with Gasteiger partial charge in [0.05, 0.1) is 24.9 Å². The normalized spacial score (nSPS) is 53.4. The van der Waals surface area contributed by atoms with E-state index in [4.69, 9.17) is 9.47 Å². The van der Waals surface area contributed by atoms with Crippen molar-refractivity contribution in [2.45, 2.75) is 32.0 Å². The van der Waals surface area contributed by atoms with Crippen molar-refractivity contribution in [2.24, 2.45) is 5.92 Å². The summed E-state index contributed by atoms with van der Waals surface area (Å²) in [5.41, 5.74) is 0.0528. The molecule has 58 valence electrons. The second-order valence-corrected chi connectivity index (χ2v) is 3.79. The summed E-state index contributed by atoms with van der Waals surface area (Å²) in [5.74, 6) is 0.593. The fourth-order valence-corrected chi connectivity index (χ4v) is 1.73. The SMILES string of the molecule is CC1COC2(C)COC1C2. The molecule has 0 aliphatic carbocycles. The Bertz CT molecular complexity index is 146. The van der Waals surface area contributed by atoms with Crippen LogP contribution in [0.3, 0.4) is 0 Å². The maximum Gasteiger partial charge on any atom is 0.0911 e. The van der Waals surface area contributed by atoms with Crippen LogP contribution in [-0.2, 0) is 9.47 Å². The highest BCUT2D eigenvalue weighted by atomic mass is 16.6. The van der Waals surface area contributed by atoms with Crippen LogP contribution in [0.2, 0.25) is 0 Å². The molecule has 2 heteroatoms. The monoisotopic (exact) mass is 142 g/mol. The van der Waals surface area contributed by atoms with Crippen molar-refractivity contribution in [3.8, 4) is 0 Å². The number of fused-ring (bicyclic) bond motifs is 2. The van der Waals surface area contributed by atoms with Gasteiger partial charge in [-0.1, -0.05) is 6.92 Å². The first kappa shape index (κ1) is 6.62. The molecule has 0 saturated carbocycles. The summed E-state index contributed by atoms with van der Waals surface area (Å²) in [5, 5.41) is 0. The molecule has 2 fully saturated rings. The Morgan fingerprint density at radius 1 is 1.50 bits per heavy atom. The molecule has 0 radical (unpaired) electrons. The van der Waals surface area contributed by atoms with E-state index in [0.717, 1.165) is 19.6 Å². The van der Waals surface area contributed by atoms with Crippen molar-refractivity contribution in [2.75, 3.05) is 13.2 Å². The molecule has 2 rings (SSSR count). The van der Waals surface area contributed by atoms with Crippen LogP contribution in [0.1, 0.15) is 20.3 Å². The molecule has 0 N–H and O–H groups in total. The predicted octanol–water partition coefficient (Wildman–Crippen LogP) is 1.20. The highest BCUT2D eigenvalue weighted by Crippen LogP contribution is 2.36. The molecule has 0 spiro atoms. The molecule has 0 aromatic rings. The van der Waals surface area contributed by atoms with Crippen LogP contribution in [0.4, 0.5) is 0 Å². The second-order valence-electron chi connectivity index (χ2n) is 3.79. The van der Waals surface area contributed by atoms with Gasteiger partial charge in [0, 0.05) is 12.3 Å². The third-order valence-electron chi connectivity index (χ3n) is 2.57. The number of hydrogen-bond donors (Lipinski definition) is 0. The molecule has 3 atom stereocenters. The molecule has 2 nitrogen and oxygen atoms in total. The highest BCUT2D eigenvalue weighted by Gasteiger charge is 2.43. The maximum absolute atomic E-state index is 5.64. The lowest BCUT2D eigenvalue weighted by atomic mass is 9.92. The standard InChI is InChI=1S/C8H14O2/c1-6-4-10-8(2)3-7(6)9-5-8/h6-7H,3-5H2,1-2H3. The van der Waals surface area contributed by atoms with Crippen LogP contribution in [0.15, 0.2) is 0 Å². The van der Waals surface area contributed by atoms with E-state index in [9.17, 15) is 0 Å². The molecule has 10 heavy (non-hydrogen) atoms. The zero-order chi connectivity index (χ0) is 7.19. The average Bonchev–Trinajstić information content (AvgIpc) is 2.23. The van der Waals surface area contributed by atoms with Gasteiger partial charge in [-0.15, -0.1) is 0 Å². The van der Waals surface area contributed by atoms with Gasteiger partial charge in [0.25, 0.3) is 0 Å². The van der Waals surface area contributed by atoms with E-state index in [1.54, 1.807) is 0 Å². The Kier molecular flexibility index (Phi) is 1.29. The van der Waals surface area contributed by atoms with E-state index < -0.39 is 0 Å². The quantitative estimate of drug-likeness (QED) is 0.506. The van der Waals surface area contributed by atoms with E-state index in [-0.39, 0.29) is 5.60 Å². The molecule has 2 heterocycles. The molecular weight excluding hydrogens is 128 g/mol. The summed E-state index contributed by atoms with van der Waals surface area (Å²) < 4.78 is 11.2. The van der Waals surface area contributed by atoms with Crippen molar-refractivity contribution >= 4 is 0 Å². The van der Waals surface area contributed by atoms with Crippen LogP contribution in [0.5, 0.6) is 0 Å². The molecule has 2 aliphatic rings. The zero-order valence-electron chi connectivity index (χ0n) is 6.59. The first-order chi connectivity index (χ1) is 4.70.